The van der Waals surface area contributed by atoms with Crippen LogP contribution in [0.1, 0.15) is 72.2 Å². The van der Waals surface area contributed by atoms with Crippen molar-refractivity contribution in [2.75, 3.05) is 98.9 Å². The molecule has 0 bridgehead atoms. The van der Waals surface area contributed by atoms with Crippen LogP contribution in [0.15, 0.2) is 275 Å². The monoisotopic (exact) mass is 1920 g/mol. The number of aryl methyl sites for hydroxylation is 1. The summed E-state index contributed by atoms with van der Waals surface area (Å²) in [5.74, 6) is 6.12. The summed E-state index contributed by atoms with van der Waals surface area (Å²) >= 11 is 0. The summed E-state index contributed by atoms with van der Waals surface area (Å²) in [6.45, 7) is 6.97. The van der Waals surface area contributed by atoms with E-state index >= 15 is 0 Å². The van der Waals surface area contributed by atoms with Gasteiger partial charge in [-0.3, -0.25) is 0 Å². The molecular weight excluding hydrogens is 1820 g/mol. The highest BCUT2D eigenvalue weighted by atomic mass is 32.2. The molecule has 1 aliphatic rings. The maximum atomic E-state index is 11.5. The Labute approximate surface area is 782 Å². The van der Waals surface area contributed by atoms with Crippen molar-refractivity contribution in [3.05, 3.63) is 289 Å². The number of sulfonamides is 4. The molecule has 2 atom stereocenters. The second kappa shape index (κ2) is 42.6. The quantitative estimate of drug-likeness (QED) is 0.0193. The van der Waals surface area contributed by atoms with E-state index in [1.165, 1.54) is 104 Å². The fourth-order valence-corrected chi connectivity index (χ4v) is 16.0. The molecule has 0 amide bonds. The van der Waals surface area contributed by atoms with E-state index in [1.807, 2.05) is 106 Å². The third kappa shape index (κ3) is 25.2. The number of benzene rings is 8. The molecule has 17 rings (SSSR count). The van der Waals surface area contributed by atoms with Crippen LogP contribution in [0.25, 0.3) is 23.3 Å². The van der Waals surface area contributed by atoms with E-state index in [-0.39, 0.29) is 79.3 Å². The third-order valence-corrected chi connectivity index (χ3v) is 24.6. The molecule has 0 fully saturated rings. The number of primary sulfonamides is 4. The van der Waals surface area contributed by atoms with E-state index in [1.54, 1.807) is 60.7 Å². The van der Waals surface area contributed by atoms with Crippen LogP contribution in [0.4, 0.5) is 93.6 Å². The SMILES string of the molecule is CCc1c(NCc2ccccc2)ncnc1-n1nc(Nc2ccc(S(N)(=O)=O)cc2)nc1N.CN(C)CCN(Cc1ccccc1)c1cc(-n2nc(Nc3ccc(S(N)(=O)=O)cc3)nc2N)ncn1.C[C@H](c1ccccc1)N(C)c1cc(-n2nc(Nc3ccc(S(N)(=O)=O)cc3)nc2N)ncn1.Nc1nc(Nc2ccc(S(N)(=O)=O)cc2)nn1-c1cc(NC2CCCc3ccccc32)ncn1. The molecule has 8 aromatic heterocycles. The van der Waals surface area contributed by atoms with Crippen LogP contribution >= 0.6 is 0 Å². The van der Waals surface area contributed by atoms with Gasteiger partial charge < -0.3 is 69.5 Å². The first kappa shape index (κ1) is 95.9. The number of hydrogen-bond donors (Lipinski definition) is 14. The highest BCUT2D eigenvalue weighted by Gasteiger charge is 2.25. The Morgan fingerprint density at radius 2 is 0.816 bits per heavy atom. The van der Waals surface area contributed by atoms with Crippen LogP contribution < -0.4 is 85.2 Å². The summed E-state index contributed by atoms with van der Waals surface area (Å²) in [5, 5.41) is 56.9. The Hall–Kier alpha value is -16.2. The summed E-state index contributed by atoms with van der Waals surface area (Å²) in [7, 11) is -9.07. The van der Waals surface area contributed by atoms with E-state index in [9.17, 15) is 33.7 Å². The van der Waals surface area contributed by atoms with Gasteiger partial charge in [0.2, 0.25) is 87.7 Å². The van der Waals surface area contributed by atoms with E-state index in [0.717, 1.165) is 60.4 Å². The van der Waals surface area contributed by atoms with Crippen LogP contribution in [0.2, 0.25) is 0 Å². The maximum Gasteiger partial charge on any atom is 0.248 e. The summed E-state index contributed by atoms with van der Waals surface area (Å²) < 4.78 is 97.0. The third-order valence-electron chi connectivity index (χ3n) is 20.9. The molecule has 45 nitrogen and oxygen atoms in total. The zero-order valence-electron chi connectivity index (χ0n) is 73.9. The lowest BCUT2D eigenvalue weighted by molar-refractivity contribution is 0.412. The zero-order valence-corrected chi connectivity index (χ0v) is 77.1. The number of anilines is 16. The van der Waals surface area contributed by atoms with Crippen LogP contribution in [-0.4, -0.2) is 172 Å². The van der Waals surface area contributed by atoms with E-state index in [4.69, 9.17) is 43.5 Å². The van der Waals surface area contributed by atoms with Crippen molar-refractivity contribution < 1.29 is 33.7 Å². The van der Waals surface area contributed by atoms with Gasteiger partial charge in [0.05, 0.1) is 31.7 Å². The van der Waals surface area contributed by atoms with Crippen molar-refractivity contribution in [2.24, 2.45) is 20.6 Å². The molecule has 0 radical (unpaired) electrons. The van der Waals surface area contributed by atoms with Gasteiger partial charge in [0, 0.05) is 79.7 Å². The van der Waals surface area contributed by atoms with Gasteiger partial charge in [-0.05, 0) is 172 Å². The largest absolute Gasteiger partial charge is 0.368 e. The standard InChI is InChI=1S/C23H28N10O2S.C22H23N9O2S.2C21H23N9O2S/c1-31(2)12-13-32(15-17-6-4-3-5-7-17)20-14-21(27-16-26-20)33-22(24)29-23(30-33)28-18-8-10-19(11-9-18)36(25,34)35;23-21-29-22(27-15-8-10-16(11-9-15)34(24,32)33)30-31(21)20-12-19(25-13-26-20)28-18-7-3-5-14-4-1-2-6-17(14)18;1-14(15-6-4-3-5-7-15)29(2)18-12-19(25-13-24-18)30-20(22)27-21(28-30)26-16-8-10-17(11-9-16)33(23,31)32;1-2-17-18(24-12-14-6-4-3-5-7-14)25-13-26-19(17)30-20(22)28-21(29-30)27-15-8-10-16(11-9-15)33(23,31)32/h3-11,14,16H,12-13,15H2,1-2H3,(H2,25,34,35)(H3,24,28,29,30);1-2,4,6,8-13,18H,3,5,7H2,(H2,24,32,33)(H,25,26,28)(H3,23,27,29,30);3-14H,1-2H3,(H2,23,31,32)(H3,22,26,27,28);3-11,13H,2,12H2,1H3,(H2,23,31,32)(H,24,25,26)(H3,22,27,28,29)/t;;14-;/m..1./s1. The number of aromatic nitrogens is 20. The zero-order chi connectivity index (χ0) is 96.4. The molecule has 49 heteroatoms. The van der Waals surface area contributed by atoms with Crippen molar-refractivity contribution in [3.63, 3.8) is 0 Å². The lowest BCUT2D eigenvalue weighted by Gasteiger charge is -2.26. The van der Waals surface area contributed by atoms with Crippen LogP contribution in [-0.2, 0) is 66.0 Å². The molecule has 16 aromatic rings. The lowest BCUT2D eigenvalue weighted by Crippen LogP contribution is -2.32. The van der Waals surface area contributed by atoms with Gasteiger partial charge in [-0.25, -0.2) is 94.1 Å². The smallest absolute Gasteiger partial charge is 0.248 e. The van der Waals surface area contributed by atoms with Crippen LogP contribution in [0.3, 0.4) is 0 Å². The van der Waals surface area contributed by atoms with Crippen molar-refractivity contribution in [1.82, 2.24) is 104 Å². The molecule has 136 heavy (non-hydrogen) atoms. The predicted octanol–water partition coefficient (Wildman–Crippen LogP) is 8.55. The highest BCUT2D eigenvalue weighted by Crippen LogP contribution is 2.34. The maximum absolute atomic E-state index is 11.5. The summed E-state index contributed by atoms with van der Waals surface area (Å²) in [5.41, 5.74) is 33.6. The number of likely N-dealkylation sites (N-methyl/N-ethyl adjacent to an activating group) is 1. The first-order valence-corrected chi connectivity index (χ1v) is 48.0. The first-order valence-electron chi connectivity index (χ1n) is 41.8. The average molecular weight is 1920 g/mol. The fraction of sp³-hybridized carbons (Fsp3) is 0.172. The normalized spacial score (nSPS) is 12.7. The summed E-state index contributed by atoms with van der Waals surface area (Å²) in [6.07, 6.45) is 9.66. The van der Waals surface area contributed by atoms with Crippen molar-refractivity contribution >= 4 is 134 Å². The van der Waals surface area contributed by atoms with Crippen molar-refractivity contribution in [2.45, 2.75) is 84.3 Å². The van der Waals surface area contributed by atoms with Crippen molar-refractivity contribution in [1.29, 1.82) is 0 Å². The molecule has 702 valence electrons. The van der Waals surface area contributed by atoms with Crippen molar-refractivity contribution in [3.8, 4) is 23.3 Å². The molecular formula is C87H97N37O8S4. The molecule has 8 aromatic carbocycles. The summed E-state index contributed by atoms with van der Waals surface area (Å²) in [6, 6.07) is 67.9. The minimum absolute atomic E-state index is 0.00779. The van der Waals surface area contributed by atoms with Gasteiger partial charge in [0.15, 0.2) is 23.3 Å². The van der Waals surface area contributed by atoms with Gasteiger partial charge in [-0.15, -0.1) is 20.4 Å². The summed E-state index contributed by atoms with van der Waals surface area (Å²) in [4.78, 5) is 58.2. The minimum Gasteiger partial charge on any atom is -0.368 e. The average Bonchev–Trinajstić information content (AvgIpc) is 1.58. The van der Waals surface area contributed by atoms with Gasteiger partial charge in [-0.1, -0.05) is 122 Å². The fourth-order valence-electron chi connectivity index (χ4n) is 13.9. The van der Waals surface area contributed by atoms with Gasteiger partial charge in [-0.2, -0.15) is 38.7 Å². The van der Waals surface area contributed by atoms with E-state index in [0.29, 0.717) is 83.0 Å². The number of nitrogens with two attached hydrogens (primary N) is 8. The van der Waals surface area contributed by atoms with Crippen LogP contribution in [0.5, 0.6) is 0 Å². The minimum atomic E-state index is -3.78. The van der Waals surface area contributed by atoms with Crippen LogP contribution in [0, 0.1) is 0 Å². The number of fused-ring (bicyclic) bond motifs is 1. The van der Waals surface area contributed by atoms with Gasteiger partial charge in [0.25, 0.3) is 0 Å². The van der Waals surface area contributed by atoms with Gasteiger partial charge >= 0.3 is 0 Å². The van der Waals surface area contributed by atoms with E-state index in [2.05, 4.69) is 177 Å². The second-order valence-electron chi connectivity index (χ2n) is 30.7. The Kier molecular flexibility index (Phi) is 30.0. The number of nitrogens with zero attached hydrogens (tertiary/aromatic N) is 23. The molecule has 0 saturated carbocycles. The molecule has 0 saturated heterocycles. The highest BCUT2D eigenvalue weighted by molar-refractivity contribution is 7.90. The molecule has 8 heterocycles. The number of nitrogens with one attached hydrogen (secondary N) is 6. The second-order valence-corrected chi connectivity index (χ2v) is 37.0. The Morgan fingerprint density at radius 1 is 0.426 bits per heavy atom. The molecule has 22 N–H and O–H groups in total. The Bertz CT molecular complexity index is 7280. The van der Waals surface area contributed by atoms with E-state index < -0.39 is 40.1 Å². The predicted molar refractivity (Wildman–Crippen MR) is 518 cm³/mol. The lowest BCUT2D eigenvalue weighted by atomic mass is 9.88. The molecule has 1 unspecified atom stereocenters. The molecule has 1 aliphatic carbocycles. The topological polar surface area (TPSA) is 653 Å². The number of hydrogen-bond acceptors (Lipinski definition) is 37. The van der Waals surface area contributed by atoms with Gasteiger partial charge in [0.1, 0.15) is 48.6 Å². The Balaban J connectivity index is 0.000000145. The first-order chi connectivity index (χ1) is 65.1. The molecule has 0 aliphatic heterocycles. The molecule has 0 spiro atoms. The number of nitrogen functional groups attached to an aromatic ring is 4. The number of rotatable bonds is 31. The Morgan fingerprint density at radius 3 is 1.26 bits per heavy atom.